The Bertz CT molecular complexity index is 1180. The number of ether oxygens (including phenoxy) is 1. The van der Waals surface area contributed by atoms with Gasteiger partial charge in [0, 0.05) is 37.4 Å². The van der Waals surface area contributed by atoms with E-state index in [0.717, 1.165) is 67.0 Å². The van der Waals surface area contributed by atoms with Crippen molar-refractivity contribution in [2.24, 2.45) is 0 Å². The lowest BCUT2D eigenvalue weighted by atomic mass is 10.1. The van der Waals surface area contributed by atoms with Crippen LogP contribution in [-0.4, -0.2) is 52.1 Å². The number of aromatic amines is 1. The molecule has 1 radical (unpaired) electrons. The van der Waals surface area contributed by atoms with E-state index in [4.69, 9.17) is 14.7 Å². The highest BCUT2D eigenvalue weighted by Crippen LogP contribution is 2.26. The molecular weight excluding hydrogens is 422 g/mol. The van der Waals surface area contributed by atoms with Crippen molar-refractivity contribution in [3.8, 4) is 11.4 Å². The molecule has 0 atom stereocenters. The molecule has 3 heterocycles. The van der Waals surface area contributed by atoms with Gasteiger partial charge in [-0.05, 0) is 37.8 Å². The van der Waals surface area contributed by atoms with E-state index < -0.39 is 0 Å². The van der Waals surface area contributed by atoms with Crippen LogP contribution in [0.15, 0.2) is 66.7 Å². The van der Waals surface area contributed by atoms with Crippen LogP contribution in [0.3, 0.4) is 0 Å². The van der Waals surface area contributed by atoms with Gasteiger partial charge in [0.2, 0.25) is 0 Å². The molecule has 6 nitrogen and oxygen atoms in total. The van der Waals surface area contributed by atoms with Crippen molar-refractivity contribution < 1.29 is 4.74 Å². The first-order chi connectivity index (χ1) is 16.8. The van der Waals surface area contributed by atoms with Crippen LogP contribution in [-0.2, 0) is 17.8 Å². The van der Waals surface area contributed by atoms with Gasteiger partial charge in [-0.3, -0.25) is 0 Å². The topological polar surface area (TPSA) is 66.1 Å². The van der Waals surface area contributed by atoms with Crippen molar-refractivity contribution in [2.45, 2.75) is 32.0 Å². The fourth-order valence-corrected chi connectivity index (χ4v) is 4.55. The highest BCUT2D eigenvalue weighted by Gasteiger charge is 2.20. The van der Waals surface area contributed by atoms with Gasteiger partial charge in [0.15, 0.2) is 5.82 Å². The molecule has 1 aliphatic rings. The van der Waals surface area contributed by atoms with Crippen LogP contribution in [0.25, 0.3) is 22.4 Å². The third-order valence-electron chi connectivity index (χ3n) is 6.44. The van der Waals surface area contributed by atoms with Crippen molar-refractivity contribution in [1.29, 1.82) is 0 Å². The van der Waals surface area contributed by atoms with Gasteiger partial charge in [-0.25, -0.2) is 9.97 Å². The van der Waals surface area contributed by atoms with E-state index in [0.29, 0.717) is 25.1 Å². The minimum atomic E-state index is 0.294. The molecule has 2 aromatic heterocycles. The lowest BCUT2D eigenvalue weighted by Crippen LogP contribution is -2.38. The average Bonchev–Trinajstić information content (AvgIpc) is 3.31. The molecule has 0 saturated carbocycles. The third kappa shape index (κ3) is 5.46. The molecule has 1 saturated heterocycles. The Morgan fingerprint density at radius 2 is 1.74 bits per heavy atom. The van der Waals surface area contributed by atoms with E-state index in [1.165, 1.54) is 5.56 Å². The minimum absolute atomic E-state index is 0.294. The number of H-pyrrole nitrogens is 1. The summed E-state index contributed by atoms with van der Waals surface area (Å²) in [6, 6.07) is 22.9. The smallest absolute Gasteiger partial charge is 0.163 e. The maximum Gasteiger partial charge on any atom is 0.163 e. The lowest BCUT2D eigenvalue weighted by Gasteiger charge is -2.31. The Morgan fingerprint density at radius 3 is 2.47 bits per heavy atom. The van der Waals surface area contributed by atoms with Gasteiger partial charge in [0.05, 0.1) is 18.1 Å². The van der Waals surface area contributed by atoms with Crippen molar-refractivity contribution >= 4 is 16.9 Å². The number of fused-ring (bicyclic) bond motifs is 1. The molecule has 175 valence electrons. The van der Waals surface area contributed by atoms with Gasteiger partial charge in [-0.1, -0.05) is 60.7 Å². The number of anilines is 1. The molecule has 0 bridgehead atoms. The predicted molar refractivity (Wildman–Crippen MR) is 138 cm³/mol. The molecule has 2 aromatic carbocycles. The van der Waals surface area contributed by atoms with Crippen molar-refractivity contribution in [3.63, 3.8) is 0 Å². The normalized spacial score (nSPS) is 15.1. The molecule has 5 rings (SSSR count). The van der Waals surface area contributed by atoms with E-state index in [1.54, 1.807) is 0 Å². The van der Waals surface area contributed by atoms with E-state index in [1.807, 2.05) is 30.3 Å². The standard InChI is InChI=1S/C28H32N5O/c1-2-29-27-25-19-23(30-28(25)32-26(31-27)22-11-7-4-8-12-22)20-34-24-14-17-33(18-15-24)16-13-21-9-5-3-6-10-21/h3-12,19,24H,1-2,13-18,20H2,(H2,29,30,31,32). The zero-order chi connectivity index (χ0) is 23.2. The van der Waals surface area contributed by atoms with Crippen molar-refractivity contribution in [1.82, 2.24) is 19.9 Å². The minimum Gasteiger partial charge on any atom is -0.372 e. The average molecular weight is 455 g/mol. The zero-order valence-electron chi connectivity index (χ0n) is 19.5. The van der Waals surface area contributed by atoms with Gasteiger partial charge in [-0.15, -0.1) is 0 Å². The summed E-state index contributed by atoms with van der Waals surface area (Å²) >= 11 is 0. The fourth-order valence-electron chi connectivity index (χ4n) is 4.55. The number of hydrogen-bond acceptors (Lipinski definition) is 5. The summed E-state index contributed by atoms with van der Waals surface area (Å²) in [5.74, 6) is 1.49. The molecule has 1 aliphatic heterocycles. The quantitative estimate of drug-likeness (QED) is 0.369. The molecule has 34 heavy (non-hydrogen) atoms. The molecule has 6 heteroatoms. The Balaban J connectivity index is 1.19. The third-order valence-corrected chi connectivity index (χ3v) is 6.44. The van der Waals surface area contributed by atoms with Crippen LogP contribution >= 0.6 is 0 Å². The van der Waals surface area contributed by atoms with Gasteiger partial charge >= 0.3 is 0 Å². The van der Waals surface area contributed by atoms with E-state index in [2.05, 4.69) is 58.5 Å². The summed E-state index contributed by atoms with van der Waals surface area (Å²) in [6.07, 6.45) is 3.54. The highest BCUT2D eigenvalue weighted by molar-refractivity contribution is 5.89. The second kappa shape index (κ2) is 10.8. The Labute approximate surface area is 201 Å². The van der Waals surface area contributed by atoms with Gasteiger partial charge in [0.1, 0.15) is 11.5 Å². The van der Waals surface area contributed by atoms with Gasteiger partial charge in [-0.2, -0.15) is 0 Å². The van der Waals surface area contributed by atoms with Crippen molar-refractivity contribution in [2.75, 3.05) is 31.5 Å². The predicted octanol–water partition coefficient (Wildman–Crippen LogP) is 5.09. The summed E-state index contributed by atoms with van der Waals surface area (Å²) < 4.78 is 6.29. The molecule has 2 N–H and O–H groups in total. The maximum atomic E-state index is 6.29. The van der Waals surface area contributed by atoms with Crippen LogP contribution in [0.5, 0.6) is 0 Å². The molecule has 4 aromatic rings. The lowest BCUT2D eigenvalue weighted by molar-refractivity contribution is -0.00329. The number of aromatic nitrogens is 3. The van der Waals surface area contributed by atoms with Crippen LogP contribution < -0.4 is 5.32 Å². The molecule has 0 aliphatic carbocycles. The molecule has 0 spiro atoms. The van der Waals surface area contributed by atoms with Crippen LogP contribution in [0.2, 0.25) is 0 Å². The second-order valence-electron chi connectivity index (χ2n) is 8.83. The summed E-state index contributed by atoms with van der Waals surface area (Å²) in [5, 5.41) is 4.25. The number of nitrogens with one attached hydrogen (secondary N) is 2. The molecule has 0 amide bonds. The first kappa shape index (κ1) is 22.6. The zero-order valence-corrected chi connectivity index (χ0v) is 19.5. The van der Waals surface area contributed by atoms with Crippen LogP contribution in [0.1, 0.15) is 24.1 Å². The molecule has 0 unspecified atom stereocenters. The number of piperidine rings is 1. The maximum absolute atomic E-state index is 6.29. The molecular formula is C28H32N5O. The van der Waals surface area contributed by atoms with Crippen molar-refractivity contribution in [3.05, 3.63) is 84.9 Å². The summed E-state index contributed by atoms with van der Waals surface area (Å²) in [5.41, 5.74) is 4.24. The van der Waals surface area contributed by atoms with Crippen LogP contribution in [0, 0.1) is 6.92 Å². The first-order valence-electron chi connectivity index (χ1n) is 12.1. The Morgan fingerprint density at radius 1 is 1.00 bits per heavy atom. The number of hydrogen-bond donors (Lipinski definition) is 2. The number of rotatable bonds is 9. The fraction of sp³-hybridized carbons (Fsp3) is 0.321. The highest BCUT2D eigenvalue weighted by atomic mass is 16.5. The monoisotopic (exact) mass is 454 g/mol. The first-order valence-corrected chi connectivity index (χ1v) is 12.1. The molecule has 1 fully saturated rings. The van der Waals surface area contributed by atoms with E-state index >= 15 is 0 Å². The van der Waals surface area contributed by atoms with Gasteiger partial charge in [0.25, 0.3) is 0 Å². The summed E-state index contributed by atoms with van der Waals surface area (Å²) in [6.45, 7) is 8.32. The summed E-state index contributed by atoms with van der Waals surface area (Å²) in [4.78, 5) is 15.5. The van der Waals surface area contributed by atoms with Gasteiger partial charge < -0.3 is 19.9 Å². The second-order valence-corrected chi connectivity index (χ2v) is 8.83. The largest absolute Gasteiger partial charge is 0.372 e. The number of benzene rings is 2. The van der Waals surface area contributed by atoms with E-state index in [-0.39, 0.29) is 0 Å². The SMILES string of the molecule is [CH2]CNc1nc(-c2ccccc2)nc2[nH]c(COC3CCN(CCc4ccccc4)CC3)cc12. The summed E-state index contributed by atoms with van der Waals surface area (Å²) in [7, 11) is 0. The Hall–Kier alpha value is -3.22. The number of likely N-dealkylation sites (tertiary alicyclic amines) is 1. The van der Waals surface area contributed by atoms with E-state index in [9.17, 15) is 0 Å². The Kier molecular flexibility index (Phi) is 7.17. The van der Waals surface area contributed by atoms with Crippen LogP contribution in [0.4, 0.5) is 5.82 Å². The number of nitrogens with zero attached hydrogens (tertiary/aromatic N) is 3.